The number of halogens is 1. The van der Waals surface area contributed by atoms with Crippen LogP contribution in [0.4, 0.5) is 0 Å². The van der Waals surface area contributed by atoms with Crippen LogP contribution in [-0.4, -0.2) is 4.98 Å². The number of nitrogens with two attached hydrogens (primary N) is 1. The zero-order valence-electron chi connectivity index (χ0n) is 9.66. The Hall–Kier alpha value is -0.880. The number of rotatable bonds is 4. The van der Waals surface area contributed by atoms with Crippen molar-refractivity contribution in [2.45, 2.75) is 26.3 Å². The SMILES string of the molecule is Cc1nc(CC(NN)c2ccc(Cl)o2)sc1C. The van der Waals surface area contributed by atoms with E-state index in [2.05, 4.69) is 17.3 Å². The lowest BCUT2D eigenvalue weighted by atomic mass is 10.2. The van der Waals surface area contributed by atoms with E-state index in [-0.39, 0.29) is 6.04 Å². The van der Waals surface area contributed by atoms with Crippen LogP contribution in [0, 0.1) is 13.8 Å². The number of hydrazine groups is 1. The highest BCUT2D eigenvalue weighted by atomic mass is 35.5. The van der Waals surface area contributed by atoms with Crippen LogP contribution in [0.15, 0.2) is 16.5 Å². The Morgan fingerprint density at radius 1 is 1.53 bits per heavy atom. The molecule has 2 aromatic rings. The summed E-state index contributed by atoms with van der Waals surface area (Å²) in [5.74, 6) is 6.26. The third kappa shape index (κ3) is 2.87. The van der Waals surface area contributed by atoms with Crippen molar-refractivity contribution in [1.82, 2.24) is 10.4 Å². The normalized spacial score (nSPS) is 12.9. The summed E-state index contributed by atoms with van der Waals surface area (Å²) in [5.41, 5.74) is 3.79. The highest BCUT2D eigenvalue weighted by Gasteiger charge is 2.17. The van der Waals surface area contributed by atoms with E-state index < -0.39 is 0 Å². The number of hydrogen-bond acceptors (Lipinski definition) is 5. The summed E-state index contributed by atoms with van der Waals surface area (Å²) in [6.07, 6.45) is 0.694. The predicted octanol–water partition coefficient (Wildman–Crippen LogP) is 2.75. The second kappa shape index (κ2) is 5.18. The molecular formula is C11H14ClN3OS. The average Bonchev–Trinajstić information content (AvgIpc) is 2.83. The van der Waals surface area contributed by atoms with Crippen LogP contribution in [0.3, 0.4) is 0 Å². The van der Waals surface area contributed by atoms with E-state index >= 15 is 0 Å². The quantitative estimate of drug-likeness (QED) is 0.663. The molecule has 2 heterocycles. The molecule has 0 radical (unpaired) electrons. The lowest BCUT2D eigenvalue weighted by Crippen LogP contribution is -2.29. The summed E-state index contributed by atoms with van der Waals surface area (Å²) in [6.45, 7) is 4.06. The molecule has 0 spiro atoms. The summed E-state index contributed by atoms with van der Waals surface area (Å²) in [6, 6.07) is 3.42. The third-order valence-electron chi connectivity index (χ3n) is 2.59. The van der Waals surface area contributed by atoms with Crippen LogP contribution < -0.4 is 11.3 Å². The Bertz CT molecular complexity index is 489. The molecule has 6 heteroatoms. The van der Waals surface area contributed by atoms with Crippen LogP contribution in [-0.2, 0) is 6.42 Å². The van der Waals surface area contributed by atoms with Gasteiger partial charge in [-0.1, -0.05) is 0 Å². The number of aromatic nitrogens is 1. The minimum atomic E-state index is -0.104. The number of nitrogens with zero attached hydrogens (tertiary/aromatic N) is 1. The first-order valence-electron chi connectivity index (χ1n) is 5.24. The van der Waals surface area contributed by atoms with Crippen molar-refractivity contribution in [3.8, 4) is 0 Å². The van der Waals surface area contributed by atoms with Crippen molar-refractivity contribution in [3.63, 3.8) is 0 Å². The van der Waals surface area contributed by atoms with Gasteiger partial charge in [0.1, 0.15) is 5.76 Å². The molecule has 0 saturated carbocycles. The van der Waals surface area contributed by atoms with Crippen molar-refractivity contribution in [2.24, 2.45) is 5.84 Å². The molecule has 0 saturated heterocycles. The van der Waals surface area contributed by atoms with Gasteiger partial charge in [-0.05, 0) is 37.6 Å². The molecule has 92 valence electrons. The molecule has 0 fully saturated rings. The summed E-state index contributed by atoms with van der Waals surface area (Å²) in [4.78, 5) is 5.71. The molecule has 0 aliphatic carbocycles. The van der Waals surface area contributed by atoms with Gasteiger partial charge in [0.15, 0.2) is 5.22 Å². The maximum Gasteiger partial charge on any atom is 0.193 e. The Balaban J connectivity index is 2.15. The van der Waals surface area contributed by atoms with Crippen molar-refractivity contribution in [1.29, 1.82) is 0 Å². The monoisotopic (exact) mass is 271 g/mol. The molecule has 17 heavy (non-hydrogen) atoms. The Labute approximate surface area is 109 Å². The van der Waals surface area contributed by atoms with Gasteiger partial charge in [-0.2, -0.15) is 0 Å². The lowest BCUT2D eigenvalue weighted by Gasteiger charge is -2.10. The summed E-state index contributed by atoms with van der Waals surface area (Å²) < 4.78 is 5.35. The first kappa shape index (κ1) is 12.6. The largest absolute Gasteiger partial charge is 0.448 e. The minimum Gasteiger partial charge on any atom is -0.448 e. The second-order valence-electron chi connectivity index (χ2n) is 3.81. The zero-order chi connectivity index (χ0) is 12.4. The van der Waals surface area contributed by atoms with Crippen molar-refractivity contribution in [2.75, 3.05) is 0 Å². The van der Waals surface area contributed by atoms with Crippen LogP contribution >= 0.6 is 22.9 Å². The van der Waals surface area contributed by atoms with Gasteiger partial charge in [0.2, 0.25) is 0 Å². The molecule has 0 aliphatic heterocycles. The van der Waals surface area contributed by atoms with Crippen LogP contribution in [0.1, 0.15) is 27.4 Å². The van der Waals surface area contributed by atoms with E-state index in [4.69, 9.17) is 21.9 Å². The molecule has 2 aromatic heterocycles. The number of thiazole rings is 1. The fraction of sp³-hybridized carbons (Fsp3) is 0.364. The summed E-state index contributed by atoms with van der Waals surface area (Å²) in [7, 11) is 0. The topological polar surface area (TPSA) is 64.1 Å². The molecule has 3 N–H and O–H groups in total. The number of furan rings is 1. The molecular weight excluding hydrogens is 258 g/mol. The van der Waals surface area contributed by atoms with E-state index in [9.17, 15) is 0 Å². The number of aryl methyl sites for hydroxylation is 2. The summed E-state index contributed by atoms with van der Waals surface area (Å²) in [5, 5.41) is 1.40. The minimum absolute atomic E-state index is 0.104. The van der Waals surface area contributed by atoms with Gasteiger partial charge >= 0.3 is 0 Å². The highest BCUT2D eigenvalue weighted by molar-refractivity contribution is 7.11. The van der Waals surface area contributed by atoms with Gasteiger partial charge in [0, 0.05) is 11.3 Å². The van der Waals surface area contributed by atoms with Crippen LogP contribution in [0.5, 0.6) is 0 Å². The van der Waals surface area contributed by atoms with E-state index in [0.717, 1.165) is 16.5 Å². The van der Waals surface area contributed by atoms with Crippen molar-refractivity contribution < 1.29 is 4.42 Å². The van der Waals surface area contributed by atoms with E-state index in [1.807, 2.05) is 13.0 Å². The Morgan fingerprint density at radius 3 is 2.76 bits per heavy atom. The first-order valence-corrected chi connectivity index (χ1v) is 6.44. The fourth-order valence-corrected chi connectivity index (χ4v) is 2.69. The Kier molecular flexibility index (Phi) is 3.83. The standard InChI is InChI=1S/C11H14ClN3OS/c1-6-7(2)17-11(14-6)5-8(15-13)9-3-4-10(12)16-9/h3-4,8,15H,5,13H2,1-2H3. The molecule has 1 unspecified atom stereocenters. The van der Waals surface area contributed by atoms with Gasteiger partial charge in [0.25, 0.3) is 0 Å². The molecule has 0 aromatic carbocycles. The maximum atomic E-state index is 5.75. The highest BCUT2D eigenvalue weighted by Crippen LogP contribution is 2.25. The van der Waals surface area contributed by atoms with Crippen LogP contribution in [0.2, 0.25) is 5.22 Å². The molecule has 0 aliphatic rings. The van der Waals surface area contributed by atoms with Gasteiger partial charge in [0.05, 0.1) is 16.7 Å². The molecule has 1 atom stereocenters. The molecule has 2 rings (SSSR count). The second-order valence-corrected chi connectivity index (χ2v) is 5.47. The van der Waals surface area contributed by atoms with Crippen LogP contribution in [0.25, 0.3) is 0 Å². The van der Waals surface area contributed by atoms with Crippen molar-refractivity contribution >= 4 is 22.9 Å². The molecule has 4 nitrogen and oxygen atoms in total. The summed E-state index contributed by atoms with van der Waals surface area (Å²) >= 11 is 7.42. The fourth-order valence-electron chi connectivity index (χ4n) is 1.56. The maximum absolute atomic E-state index is 5.75. The lowest BCUT2D eigenvalue weighted by molar-refractivity contribution is 0.416. The van der Waals surface area contributed by atoms with Crippen molar-refractivity contribution in [3.05, 3.63) is 38.7 Å². The van der Waals surface area contributed by atoms with Gasteiger partial charge in [-0.15, -0.1) is 11.3 Å². The van der Waals surface area contributed by atoms with E-state index in [1.165, 1.54) is 4.88 Å². The van der Waals surface area contributed by atoms with E-state index in [1.54, 1.807) is 17.4 Å². The van der Waals surface area contributed by atoms with Gasteiger partial charge in [-0.25, -0.2) is 10.4 Å². The van der Waals surface area contributed by atoms with E-state index in [0.29, 0.717) is 11.6 Å². The third-order valence-corrected chi connectivity index (χ3v) is 3.89. The predicted molar refractivity (Wildman–Crippen MR) is 69.1 cm³/mol. The number of nitrogens with one attached hydrogen (secondary N) is 1. The van der Waals surface area contributed by atoms with Gasteiger partial charge < -0.3 is 4.42 Å². The molecule has 0 amide bonds. The number of hydrogen-bond donors (Lipinski definition) is 2. The van der Waals surface area contributed by atoms with Gasteiger partial charge in [-0.3, -0.25) is 5.84 Å². The average molecular weight is 272 g/mol. The molecule has 0 bridgehead atoms. The smallest absolute Gasteiger partial charge is 0.193 e. The first-order chi connectivity index (χ1) is 8.10. The Morgan fingerprint density at radius 2 is 2.29 bits per heavy atom. The zero-order valence-corrected chi connectivity index (χ0v) is 11.2.